The molecule has 1 aliphatic rings. The Morgan fingerprint density at radius 3 is 2.81 bits per heavy atom. The Morgan fingerprint density at radius 2 is 2.03 bits per heavy atom. The molecule has 1 saturated heterocycles. The lowest BCUT2D eigenvalue weighted by atomic mass is 9.92. The highest BCUT2D eigenvalue weighted by molar-refractivity contribution is 6.30. The van der Waals surface area contributed by atoms with E-state index in [1.807, 2.05) is 23.1 Å². The molecule has 2 atom stereocenters. The first-order valence-corrected chi connectivity index (χ1v) is 10.8. The van der Waals surface area contributed by atoms with E-state index >= 15 is 0 Å². The zero-order valence-electron chi connectivity index (χ0n) is 17.4. The van der Waals surface area contributed by atoms with E-state index in [0.29, 0.717) is 34.5 Å². The highest BCUT2D eigenvalue weighted by atomic mass is 35.5. The second kappa shape index (κ2) is 8.55. The third-order valence-corrected chi connectivity index (χ3v) is 6.02. The van der Waals surface area contributed by atoms with Crippen LogP contribution in [0, 0.1) is 0 Å². The Morgan fingerprint density at radius 1 is 1.19 bits per heavy atom. The number of hydrogen-bond acceptors (Lipinski definition) is 6. The van der Waals surface area contributed by atoms with Crippen molar-refractivity contribution in [2.75, 3.05) is 6.54 Å². The average Bonchev–Trinajstić information content (AvgIpc) is 3.49. The van der Waals surface area contributed by atoms with Crippen LogP contribution in [-0.2, 0) is 0 Å². The first-order chi connectivity index (χ1) is 15.6. The van der Waals surface area contributed by atoms with Crippen molar-refractivity contribution in [1.29, 1.82) is 0 Å². The number of carbonyl (C=O) groups excluding carboxylic acids is 1. The van der Waals surface area contributed by atoms with Crippen molar-refractivity contribution in [3.05, 3.63) is 71.6 Å². The van der Waals surface area contributed by atoms with E-state index in [1.165, 1.54) is 0 Å². The molecule has 0 aromatic carbocycles. The molecule has 9 heteroatoms. The molecule has 5 heterocycles. The number of hydrogen-bond donors (Lipinski definition) is 1. The molecule has 32 heavy (non-hydrogen) atoms. The minimum absolute atomic E-state index is 0.0247. The Labute approximate surface area is 189 Å². The maximum Gasteiger partial charge on any atom is 0.254 e. The molecule has 162 valence electrons. The minimum atomic E-state index is -0.0317. The molecule has 1 amide bonds. The van der Waals surface area contributed by atoms with Gasteiger partial charge in [0.2, 0.25) is 11.7 Å². The summed E-state index contributed by atoms with van der Waals surface area (Å²) in [6, 6.07) is 9.19. The molecule has 0 saturated carbocycles. The van der Waals surface area contributed by atoms with Gasteiger partial charge in [-0.25, -0.2) is 0 Å². The zero-order valence-corrected chi connectivity index (χ0v) is 18.2. The second-order valence-electron chi connectivity index (χ2n) is 7.93. The molecule has 0 unspecified atom stereocenters. The van der Waals surface area contributed by atoms with Crippen molar-refractivity contribution in [1.82, 2.24) is 30.0 Å². The van der Waals surface area contributed by atoms with Crippen molar-refractivity contribution < 1.29 is 9.32 Å². The van der Waals surface area contributed by atoms with Gasteiger partial charge >= 0.3 is 0 Å². The second-order valence-corrected chi connectivity index (χ2v) is 8.37. The summed E-state index contributed by atoms with van der Waals surface area (Å²) >= 11 is 5.98. The number of H-pyrrole nitrogens is 1. The number of nitrogens with zero attached hydrogens (tertiary/aromatic N) is 5. The van der Waals surface area contributed by atoms with Gasteiger partial charge in [-0.3, -0.25) is 14.8 Å². The predicted molar refractivity (Wildman–Crippen MR) is 119 cm³/mol. The van der Waals surface area contributed by atoms with E-state index in [2.05, 4.69) is 32.0 Å². The lowest BCUT2D eigenvalue weighted by Crippen LogP contribution is -2.45. The number of halogens is 1. The average molecular weight is 449 g/mol. The summed E-state index contributed by atoms with van der Waals surface area (Å²) < 4.78 is 5.54. The monoisotopic (exact) mass is 448 g/mol. The van der Waals surface area contributed by atoms with Crippen LogP contribution in [0.15, 0.2) is 59.6 Å². The van der Waals surface area contributed by atoms with Crippen molar-refractivity contribution in [3.8, 4) is 22.8 Å². The van der Waals surface area contributed by atoms with E-state index < -0.39 is 0 Å². The number of piperidine rings is 1. The fourth-order valence-electron chi connectivity index (χ4n) is 4.01. The van der Waals surface area contributed by atoms with Crippen LogP contribution in [0.1, 0.15) is 41.9 Å². The van der Waals surface area contributed by atoms with E-state index in [-0.39, 0.29) is 17.9 Å². The van der Waals surface area contributed by atoms with Crippen molar-refractivity contribution in [2.45, 2.75) is 31.7 Å². The third-order valence-electron chi connectivity index (χ3n) is 5.81. The minimum Gasteiger partial charge on any atom is -0.357 e. The Balaban J connectivity index is 1.36. The molecule has 0 radical (unpaired) electrons. The molecule has 1 aliphatic heterocycles. The van der Waals surface area contributed by atoms with Gasteiger partial charge in [0.25, 0.3) is 5.91 Å². The molecule has 4 aromatic rings. The number of aromatic nitrogens is 5. The van der Waals surface area contributed by atoms with E-state index in [1.54, 1.807) is 36.9 Å². The molecule has 4 aromatic heterocycles. The quantitative estimate of drug-likeness (QED) is 0.490. The molecule has 1 N–H and O–H groups in total. The fraction of sp³-hybridized carbons (Fsp3) is 0.261. The highest BCUT2D eigenvalue weighted by Crippen LogP contribution is 2.31. The van der Waals surface area contributed by atoms with Crippen molar-refractivity contribution in [2.24, 2.45) is 0 Å². The van der Waals surface area contributed by atoms with Gasteiger partial charge in [0.1, 0.15) is 0 Å². The summed E-state index contributed by atoms with van der Waals surface area (Å²) in [4.78, 5) is 31.3. The van der Waals surface area contributed by atoms with Crippen LogP contribution >= 0.6 is 11.6 Å². The molecule has 0 bridgehead atoms. The van der Waals surface area contributed by atoms with Crippen LogP contribution in [0.3, 0.4) is 0 Å². The van der Waals surface area contributed by atoms with Crippen LogP contribution in [-0.4, -0.2) is 48.5 Å². The fourth-order valence-corrected chi connectivity index (χ4v) is 4.17. The summed E-state index contributed by atoms with van der Waals surface area (Å²) in [6.07, 6.45) is 8.48. The predicted octanol–water partition coefficient (Wildman–Crippen LogP) is 4.58. The highest BCUT2D eigenvalue weighted by Gasteiger charge is 2.33. The van der Waals surface area contributed by atoms with Gasteiger partial charge in [0.05, 0.1) is 22.3 Å². The number of nitrogens with one attached hydrogen (secondary N) is 1. The Hall–Kier alpha value is -3.52. The standard InChI is InChI=1S/C23H21ClN6O2/c1-14-2-3-17(22-28-21(29-32-22)20-11-18(24)12-27-20)13-30(14)23(31)16-6-9-26-19(10-16)15-4-7-25-8-5-15/h4-12,14,17,27H,2-3,13H2,1H3/t14-,17+/m1/s1. The van der Waals surface area contributed by atoms with Crippen molar-refractivity contribution >= 4 is 17.5 Å². The van der Waals surface area contributed by atoms with Gasteiger partial charge in [-0.05, 0) is 50.1 Å². The SMILES string of the molecule is C[C@@H]1CC[C@H](c2nc(-c3cc(Cl)c[nH]3)no2)CN1C(=O)c1ccnc(-c2ccncc2)c1. The number of carbonyl (C=O) groups is 1. The Kier molecular flexibility index (Phi) is 5.45. The van der Waals surface area contributed by atoms with E-state index in [4.69, 9.17) is 16.1 Å². The number of pyridine rings is 2. The third kappa shape index (κ3) is 4.01. The normalized spacial score (nSPS) is 18.6. The van der Waals surface area contributed by atoms with Crippen LogP contribution in [0.4, 0.5) is 0 Å². The van der Waals surface area contributed by atoms with Crippen LogP contribution < -0.4 is 0 Å². The number of aromatic amines is 1. The van der Waals surface area contributed by atoms with Crippen LogP contribution in [0.25, 0.3) is 22.8 Å². The number of likely N-dealkylation sites (tertiary alicyclic amines) is 1. The molecule has 8 nitrogen and oxygen atoms in total. The van der Waals surface area contributed by atoms with Crippen molar-refractivity contribution in [3.63, 3.8) is 0 Å². The first-order valence-electron chi connectivity index (χ1n) is 10.4. The van der Waals surface area contributed by atoms with Gasteiger partial charge in [0, 0.05) is 48.5 Å². The molecule has 5 rings (SSSR count). The van der Waals surface area contributed by atoms with Gasteiger partial charge in [-0.15, -0.1) is 0 Å². The van der Waals surface area contributed by atoms with Crippen LogP contribution in [0.5, 0.6) is 0 Å². The largest absolute Gasteiger partial charge is 0.357 e. The van der Waals surface area contributed by atoms with Gasteiger partial charge in [-0.1, -0.05) is 16.8 Å². The summed E-state index contributed by atoms with van der Waals surface area (Å²) in [5.74, 6) is 0.932. The molecule has 1 fully saturated rings. The van der Waals surface area contributed by atoms with Gasteiger partial charge < -0.3 is 14.4 Å². The van der Waals surface area contributed by atoms with Gasteiger partial charge in [-0.2, -0.15) is 4.98 Å². The topological polar surface area (TPSA) is 101 Å². The zero-order chi connectivity index (χ0) is 22.1. The molecular formula is C23H21ClN6O2. The maximum atomic E-state index is 13.4. The summed E-state index contributed by atoms with van der Waals surface area (Å²) in [5.41, 5.74) is 2.96. The smallest absolute Gasteiger partial charge is 0.254 e. The molecule has 0 aliphatic carbocycles. The summed E-state index contributed by atoms with van der Waals surface area (Å²) in [7, 11) is 0. The number of amides is 1. The summed E-state index contributed by atoms with van der Waals surface area (Å²) in [6.45, 7) is 2.58. The molecule has 0 spiro atoms. The lowest BCUT2D eigenvalue weighted by Gasteiger charge is -2.36. The first kappa shape index (κ1) is 20.4. The van der Waals surface area contributed by atoms with E-state index in [0.717, 1.165) is 24.1 Å². The lowest BCUT2D eigenvalue weighted by molar-refractivity contribution is 0.0593. The number of rotatable bonds is 4. The summed E-state index contributed by atoms with van der Waals surface area (Å²) in [5, 5.41) is 4.66. The maximum absolute atomic E-state index is 13.4. The van der Waals surface area contributed by atoms with Crippen LogP contribution in [0.2, 0.25) is 5.02 Å². The van der Waals surface area contributed by atoms with Gasteiger partial charge in [0.15, 0.2) is 0 Å². The molecular weight excluding hydrogens is 428 g/mol. The van der Waals surface area contributed by atoms with E-state index in [9.17, 15) is 4.79 Å². The Bertz CT molecular complexity index is 1240.